The number of thiophene rings is 1. The average molecular weight is 561 g/mol. The SMILES string of the molecule is C=CCN1C(=O)C(=Cc2ccc(OC)c(OCc3ccccc3Cl)c2)SC1=NS(=O)(=O)c1cccs1. The van der Waals surface area contributed by atoms with Gasteiger partial charge in [-0.25, -0.2) is 0 Å². The number of hydrogen-bond donors (Lipinski definition) is 0. The molecule has 0 atom stereocenters. The lowest BCUT2D eigenvalue weighted by molar-refractivity contribution is -0.121. The maximum absolute atomic E-state index is 13.1. The molecular formula is C25H21ClN2O5S3. The topological polar surface area (TPSA) is 85.3 Å². The second-order valence-electron chi connectivity index (χ2n) is 7.39. The number of thioether (sulfide) groups is 1. The minimum atomic E-state index is -3.94. The van der Waals surface area contributed by atoms with Crippen LogP contribution in [0.4, 0.5) is 0 Å². The van der Waals surface area contributed by atoms with E-state index in [1.807, 2.05) is 18.2 Å². The molecule has 36 heavy (non-hydrogen) atoms. The summed E-state index contributed by atoms with van der Waals surface area (Å²) in [5.41, 5.74) is 1.49. The van der Waals surface area contributed by atoms with Gasteiger partial charge >= 0.3 is 0 Å². The zero-order valence-electron chi connectivity index (χ0n) is 19.1. The second-order valence-corrected chi connectivity index (χ2v) is 11.6. The van der Waals surface area contributed by atoms with Crippen molar-refractivity contribution in [1.29, 1.82) is 0 Å². The molecule has 1 aliphatic heterocycles. The molecule has 1 aromatic heterocycles. The van der Waals surface area contributed by atoms with Gasteiger partial charge in [0.05, 0.1) is 12.0 Å². The first-order valence-electron chi connectivity index (χ1n) is 10.6. The fourth-order valence-corrected chi connectivity index (χ4v) is 6.59. The Labute approximate surface area is 222 Å². The highest BCUT2D eigenvalue weighted by molar-refractivity contribution is 8.19. The minimum absolute atomic E-state index is 0.0725. The van der Waals surface area contributed by atoms with Crippen molar-refractivity contribution in [2.45, 2.75) is 10.8 Å². The predicted molar refractivity (Wildman–Crippen MR) is 145 cm³/mol. The van der Waals surface area contributed by atoms with Gasteiger partial charge in [-0.1, -0.05) is 48.0 Å². The normalized spacial score (nSPS) is 16.1. The number of benzene rings is 2. The van der Waals surface area contributed by atoms with Crippen molar-refractivity contribution in [3.05, 3.63) is 93.7 Å². The number of amides is 1. The highest BCUT2D eigenvalue weighted by Gasteiger charge is 2.34. The summed E-state index contributed by atoms with van der Waals surface area (Å²) < 4.78 is 40.8. The number of sulfonamides is 1. The largest absolute Gasteiger partial charge is 0.493 e. The van der Waals surface area contributed by atoms with Crippen LogP contribution in [0.1, 0.15) is 11.1 Å². The van der Waals surface area contributed by atoms with Crippen LogP contribution in [0.25, 0.3) is 6.08 Å². The van der Waals surface area contributed by atoms with Crippen LogP contribution >= 0.6 is 34.7 Å². The van der Waals surface area contributed by atoms with Gasteiger partial charge in [0.25, 0.3) is 15.9 Å². The minimum Gasteiger partial charge on any atom is -0.493 e. The Kier molecular flexibility index (Phi) is 8.20. The van der Waals surface area contributed by atoms with Crippen molar-refractivity contribution in [3.63, 3.8) is 0 Å². The lowest BCUT2D eigenvalue weighted by Crippen LogP contribution is -2.29. The van der Waals surface area contributed by atoms with Crippen LogP contribution in [0.2, 0.25) is 5.02 Å². The van der Waals surface area contributed by atoms with E-state index in [0.717, 1.165) is 28.7 Å². The zero-order chi connectivity index (χ0) is 25.7. The van der Waals surface area contributed by atoms with Gasteiger partial charge in [0.2, 0.25) is 0 Å². The molecule has 1 fully saturated rings. The molecule has 11 heteroatoms. The second kappa shape index (κ2) is 11.3. The van der Waals surface area contributed by atoms with Crippen molar-refractivity contribution in [2.24, 2.45) is 4.40 Å². The summed E-state index contributed by atoms with van der Waals surface area (Å²) in [6.07, 6.45) is 3.17. The monoisotopic (exact) mass is 560 g/mol. The quantitative estimate of drug-likeness (QED) is 0.241. The smallest absolute Gasteiger partial charge is 0.294 e. The van der Waals surface area contributed by atoms with Crippen LogP contribution in [0.15, 0.2) is 86.1 Å². The van der Waals surface area contributed by atoms with E-state index in [9.17, 15) is 13.2 Å². The van der Waals surface area contributed by atoms with Crippen LogP contribution in [0.3, 0.4) is 0 Å². The number of rotatable bonds is 9. The van der Waals surface area contributed by atoms with E-state index in [1.165, 1.54) is 24.2 Å². The molecule has 3 aromatic rings. The lowest BCUT2D eigenvalue weighted by Gasteiger charge is -2.13. The molecule has 1 amide bonds. The summed E-state index contributed by atoms with van der Waals surface area (Å²) in [7, 11) is -2.40. The fourth-order valence-electron chi connectivity index (χ4n) is 3.24. The number of amidine groups is 1. The Morgan fingerprint density at radius 2 is 1.94 bits per heavy atom. The Balaban J connectivity index is 1.63. The Morgan fingerprint density at radius 1 is 1.14 bits per heavy atom. The van der Waals surface area contributed by atoms with Gasteiger partial charge in [-0.3, -0.25) is 9.69 Å². The molecule has 0 unspecified atom stereocenters. The first kappa shape index (κ1) is 26.0. The summed E-state index contributed by atoms with van der Waals surface area (Å²) in [5, 5.41) is 2.32. The number of halogens is 1. The maximum Gasteiger partial charge on any atom is 0.294 e. The van der Waals surface area contributed by atoms with Crippen LogP contribution in [-0.4, -0.2) is 38.0 Å². The fraction of sp³-hybridized carbons (Fsp3) is 0.120. The molecular weight excluding hydrogens is 540 g/mol. The van der Waals surface area contributed by atoms with Gasteiger partial charge in [-0.05, 0) is 53.0 Å². The number of ether oxygens (including phenoxy) is 2. The van der Waals surface area contributed by atoms with Crippen LogP contribution in [-0.2, 0) is 21.4 Å². The summed E-state index contributed by atoms with van der Waals surface area (Å²) in [6, 6.07) is 15.7. The van der Waals surface area contributed by atoms with Gasteiger partial charge in [0.1, 0.15) is 10.8 Å². The van der Waals surface area contributed by atoms with Gasteiger partial charge in [0.15, 0.2) is 16.7 Å². The third-order valence-electron chi connectivity index (χ3n) is 4.97. The van der Waals surface area contributed by atoms with Crippen molar-refractivity contribution in [2.75, 3.05) is 13.7 Å². The van der Waals surface area contributed by atoms with Crippen molar-refractivity contribution < 1.29 is 22.7 Å². The van der Waals surface area contributed by atoms with E-state index in [0.29, 0.717) is 27.0 Å². The maximum atomic E-state index is 13.1. The molecule has 1 saturated heterocycles. The molecule has 0 saturated carbocycles. The lowest BCUT2D eigenvalue weighted by atomic mass is 10.1. The Morgan fingerprint density at radius 3 is 2.64 bits per heavy atom. The Hall–Kier alpha value is -3.05. The predicted octanol–water partition coefficient (Wildman–Crippen LogP) is 5.84. The molecule has 2 heterocycles. The molecule has 0 aliphatic carbocycles. The summed E-state index contributed by atoms with van der Waals surface area (Å²) in [4.78, 5) is 14.7. The molecule has 2 aromatic carbocycles. The summed E-state index contributed by atoms with van der Waals surface area (Å²) in [5.74, 6) is 0.626. The molecule has 0 radical (unpaired) electrons. The Bertz CT molecular complexity index is 1450. The third kappa shape index (κ3) is 5.84. The van der Waals surface area contributed by atoms with E-state index in [2.05, 4.69) is 11.0 Å². The third-order valence-corrected chi connectivity index (χ3v) is 9.10. The van der Waals surface area contributed by atoms with Crippen molar-refractivity contribution >= 4 is 61.9 Å². The molecule has 0 spiro atoms. The van der Waals surface area contributed by atoms with Crippen molar-refractivity contribution in [3.8, 4) is 11.5 Å². The van der Waals surface area contributed by atoms with Gasteiger partial charge in [-0.15, -0.1) is 22.3 Å². The van der Waals surface area contributed by atoms with Gasteiger partial charge in [-0.2, -0.15) is 8.42 Å². The first-order chi connectivity index (χ1) is 17.3. The van der Waals surface area contributed by atoms with E-state index >= 15 is 0 Å². The number of hydrogen-bond acceptors (Lipinski definition) is 7. The zero-order valence-corrected chi connectivity index (χ0v) is 22.3. The number of methoxy groups -OCH3 is 1. The van der Waals surface area contributed by atoms with E-state index in [4.69, 9.17) is 21.1 Å². The average Bonchev–Trinajstić information content (AvgIpc) is 3.50. The van der Waals surface area contributed by atoms with Crippen molar-refractivity contribution in [1.82, 2.24) is 4.90 Å². The van der Waals surface area contributed by atoms with Crippen LogP contribution < -0.4 is 9.47 Å². The van der Waals surface area contributed by atoms with Crippen LogP contribution in [0.5, 0.6) is 11.5 Å². The highest BCUT2D eigenvalue weighted by Crippen LogP contribution is 2.36. The standard InChI is InChI=1S/C25H21ClN2O5S3/c1-3-12-28-24(29)22(35-25(28)27-36(30,31)23-9-6-13-34-23)15-17-10-11-20(32-2)21(14-17)33-16-18-7-4-5-8-19(18)26/h3-11,13-15H,1,12,16H2,2H3. The van der Waals surface area contributed by atoms with E-state index in [-0.39, 0.29) is 28.4 Å². The van der Waals surface area contributed by atoms with Crippen LogP contribution in [0, 0.1) is 0 Å². The van der Waals surface area contributed by atoms with E-state index in [1.54, 1.807) is 41.8 Å². The van der Waals surface area contributed by atoms with Gasteiger partial charge < -0.3 is 9.47 Å². The summed E-state index contributed by atoms with van der Waals surface area (Å²) >= 11 is 8.28. The number of carbonyl (C=O) groups is 1. The highest BCUT2D eigenvalue weighted by atomic mass is 35.5. The van der Waals surface area contributed by atoms with Gasteiger partial charge in [0, 0.05) is 17.1 Å². The number of nitrogens with zero attached hydrogens (tertiary/aromatic N) is 2. The molecule has 4 rings (SSSR count). The molecule has 186 valence electrons. The first-order valence-corrected chi connectivity index (χ1v) is 14.1. The molecule has 1 aliphatic rings. The number of carbonyl (C=O) groups excluding carboxylic acids is 1. The molecule has 7 nitrogen and oxygen atoms in total. The summed E-state index contributed by atoms with van der Waals surface area (Å²) in [6.45, 7) is 4.02. The molecule has 0 N–H and O–H groups in total. The van der Waals surface area contributed by atoms with E-state index < -0.39 is 10.0 Å². The molecule has 0 bridgehead atoms.